The van der Waals surface area contributed by atoms with E-state index in [0.29, 0.717) is 11.3 Å². The summed E-state index contributed by atoms with van der Waals surface area (Å²) < 4.78 is 44.9. The number of hydrogen-bond acceptors (Lipinski definition) is 6. The lowest BCUT2D eigenvalue weighted by molar-refractivity contribution is -0.140. The minimum Gasteiger partial charge on any atom is -0.497 e. The third-order valence-corrected chi connectivity index (χ3v) is 3.87. The third-order valence-electron chi connectivity index (χ3n) is 3.87. The van der Waals surface area contributed by atoms with E-state index in [4.69, 9.17) is 14.2 Å². The Morgan fingerprint density at radius 1 is 1.00 bits per heavy atom. The maximum Gasteiger partial charge on any atom is 0.387 e. The zero-order chi connectivity index (χ0) is 21.4. The van der Waals surface area contributed by atoms with E-state index in [2.05, 4.69) is 4.74 Å². The van der Waals surface area contributed by atoms with Gasteiger partial charge in [-0.25, -0.2) is 4.79 Å². The van der Waals surface area contributed by atoms with Crippen LogP contribution >= 0.6 is 0 Å². The van der Waals surface area contributed by atoms with Gasteiger partial charge in [0.2, 0.25) is 5.78 Å². The second-order valence-corrected chi connectivity index (χ2v) is 5.76. The summed E-state index contributed by atoms with van der Waals surface area (Å²) in [4.78, 5) is 24.4. The zero-order valence-electron chi connectivity index (χ0n) is 16.1. The number of Topliss-reactive ketones (excluding diaryl/α,β-unsaturated/α-hetero) is 1. The lowest BCUT2D eigenvalue weighted by Gasteiger charge is -2.13. The van der Waals surface area contributed by atoms with Gasteiger partial charge in [0, 0.05) is 17.2 Å². The van der Waals surface area contributed by atoms with E-state index in [-0.39, 0.29) is 17.1 Å². The number of carbonyl (C=O) groups is 2. The molecule has 0 bridgehead atoms. The fourth-order valence-electron chi connectivity index (χ4n) is 2.45. The predicted molar refractivity (Wildman–Crippen MR) is 102 cm³/mol. The molecule has 0 unspecified atom stereocenters. The van der Waals surface area contributed by atoms with Gasteiger partial charge in [-0.05, 0) is 43.3 Å². The molecule has 1 atom stereocenters. The normalized spacial score (nSPS) is 11.9. The maximum atomic E-state index is 12.6. The first-order chi connectivity index (χ1) is 13.8. The summed E-state index contributed by atoms with van der Waals surface area (Å²) in [6, 6.07) is 10.8. The average molecular weight is 406 g/mol. The van der Waals surface area contributed by atoms with Crippen LogP contribution in [0.25, 0.3) is 6.08 Å². The molecule has 0 heterocycles. The summed E-state index contributed by atoms with van der Waals surface area (Å²) >= 11 is 0. The molecule has 0 saturated carbocycles. The van der Waals surface area contributed by atoms with Crippen molar-refractivity contribution in [1.29, 1.82) is 0 Å². The summed E-state index contributed by atoms with van der Waals surface area (Å²) in [5.74, 6) is -0.739. The van der Waals surface area contributed by atoms with Gasteiger partial charge in [-0.1, -0.05) is 12.1 Å². The molecule has 2 rings (SSSR count). The molecule has 29 heavy (non-hydrogen) atoms. The van der Waals surface area contributed by atoms with Gasteiger partial charge in [-0.3, -0.25) is 4.79 Å². The van der Waals surface area contributed by atoms with Crippen molar-refractivity contribution in [2.45, 2.75) is 19.6 Å². The first-order valence-corrected chi connectivity index (χ1v) is 8.54. The monoisotopic (exact) mass is 406 g/mol. The molecule has 0 aliphatic carbocycles. The molecule has 6 nitrogen and oxygen atoms in total. The van der Waals surface area contributed by atoms with E-state index < -0.39 is 24.5 Å². The van der Waals surface area contributed by atoms with E-state index in [1.54, 1.807) is 30.3 Å². The van der Waals surface area contributed by atoms with E-state index in [1.807, 2.05) is 0 Å². The maximum absolute atomic E-state index is 12.6. The average Bonchev–Trinajstić information content (AvgIpc) is 2.72. The largest absolute Gasteiger partial charge is 0.497 e. The van der Waals surface area contributed by atoms with Crippen LogP contribution in [0.3, 0.4) is 0 Å². The highest BCUT2D eigenvalue weighted by atomic mass is 19.3. The summed E-state index contributed by atoms with van der Waals surface area (Å²) in [5, 5.41) is 0. The van der Waals surface area contributed by atoms with Gasteiger partial charge in [0.15, 0.2) is 17.6 Å². The Kier molecular flexibility index (Phi) is 7.70. The highest BCUT2D eigenvalue weighted by Gasteiger charge is 2.19. The first-order valence-electron chi connectivity index (χ1n) is 8.54. The van der Waals surface area contributed by atoms with E-state index in [0.717, 1.165) is 6.08 Å². The number of para-hydroxylation sites is 1. The van der Waals surface area contributed by atoms with Crippen LogP contribution in [0, 0.1) is 0 Å². The number of halogens is 2. The van der Waals surface area contributed by atoms with Gasteiger partial charge in [0.1, 0.15) is 5.75 Å². The Labute approximate surface area is 166 Å². The number of esters is 1. The summed E-state index contributed by atoms with van der Waals surface area (Å²) in [6.07, 6.45) is 1.22. The Hall–Kier alpha value is -3.42. The first kappa shape index (κ1) is 21.9. The topological polar surface area (TPSA) is 71.1 Å². The van der Waals surface area contributed by atoms with Gasteiger partial charge in [-0.2, -0.15) is 8.78 Å². The molecular weight excluding hydrogens is 386 g/mol. The van der Waals surface area contributed by atoms with Crippen molar-refractivity contribution in [3.8, 4) is 17.2 Å². The second-order valence-electron chi connectivity index (χ2n) is 5.76. The number of rotatable bonds is 9. The molecular formula is C21H20F2O6. The summed E-state index contributed by atoms with van der Waals surface area (Å²) in [5.41, 5.74) is 0.547. The molecule has 0 amide bonds. The number of methoxy groups -OCH3 is 2. The molecule has 0 radical (unpaired) electrons. The Balaban J connectivity index is 2.08. The smallest absolute Gasteiger partial charge is 0.387 e. The molecule has 0 saturated heterocycles. The van der Waals surface area contributed by atoms with Crippen molar-refractivity contribution in [1.82, 2.24) is 0 Å². The van der Waals surface area contributed by atoms with Crippen molar-refractivity contribution in [3.05, 3.63) is 59.7 Å². The number of hydrogen-bond donors (Lipinski definition) is 0. The molecule has 0 aliphatic heterocycles. The lowest BCUT2D eigenvalue weighted by atomic mass is 10.1. The van der Waals surface area contributed by atoms with Crippen LogP contribution in [0.15, 0.2) is 48.5 Å². The molecule has 0 fully saturated rings. The molecule has 8 heteroatoms. The van der Waals surface area contributed by atoms with Gasteiger partial charge in [-0.15, -0.1) is 0 Å². The van der Waals surface area contributed by atoms with Crippen molar-refractivity contribution in [2.75, 3.05) is 14.2 Å². The molecule has 154 valence electrons. The molecule has 0 N–H and O–H groups in total. The fraction of sp³-hybridized carbons (Fsp3) is 0.238. The SMILES string of the molecule is COc1ccc(C(=O)[C@@H](C)OC(=O)/C=C/c2cccc(OC)c2OC(F)F)cc1. The number of ketones is 1. The fourth-order valence-corrected chi connectivity index (χ4v) is 2.45. The number of carbonyl (C=O) groups excluding carboxylic acids is 2. The number of alkyl halides is 2. The van der Waals surface area contributed by atoms with Crippen molar-refractivity contribution < 1.29 is 37.3 Å². The second kappa shape index (κ2) is 10.2. The highest BCUT2D eigenvalue weighted by molar-refractivity contribution is 6.01. The van der Waals surface area contributed by atoms with Crippen LogP contribution in [0.1, 0.15) is 22.8 Å². The van der Waals surface area contributed by atoms with Crippen molar-refractivity contribution in [2.24, 2.45) is 0 Å². The minimum atomic E-state index is -3.06. The molecule has 0 aliphatic rings. The predicted octanol–water partition coefficient (Wildman–Crippen LogP) is 4.13. The van der Waals surface area contributed by atoms with E-state index in [1.165, 1.54) is 39.4 Å². The van der Waals surface area contributed by atoms with Crippen molar-refractivity contribution >= 4 is 17.8 Å². The van der Waals surface area contributed by atoms with Gasteiger partial charge in [0.25, 0.3) is 0 Å². The summed E-state index contributed by atoms with van der Waals surface area (Å²) in [6.45, 7) is -1.62. The van der Waals surface area contributed by atoms with Crippen molar-refractivity contribution in [3.63, 3.8) is 0 Å². The van der Waals surface area contributed by atoms with Crippen LogP contribution in [-0.2, 0) is 9.53 Å². The van der Waals surface area contributed by atoms with Crippen LogP contribution in [-0.4, -0.2) is 38.7 Å². The molecule has 0 spiro atoms. The molecule has 2 aromatic rings. The Morgan fingerprint density at radius 2 is 1.69 bits per heavy atom. The summed E-state index contributed by atoms with van der Waals surface area (Å²) in [7, 11) is 2.82. The van der Waals surface area contributed by atoms with Crippen LogP contribution < -0.4 is 14.2 Å². The zero-order valence-corrected chi connectivity index (χ0v) is 16.1. The van der Waals surface area contributed by atoms with Gasteiger partial charge >= 0.3 is 12.6 Å². The quantitative estimate of drug-likeness (QED) is 0.354. The van der Waals surface area contributed by atoms with Gasteiger partial charge < -0.3 is 18.9 Å². The highest BCUT2D eigenvalue weighted by Crippen LogP contribution is 2.33. The van der Waals surface area contributed by atoms with E-state index >= 15 is 0 Å². The standard InChI is InChI=1S/C21H20F2O6/c1-13(19(25)14-7-10-16(26-2)11-8-14)28-18(24)12-9-15-5-4-6-17(27-3)20(15)29-21(22)23/h4-13,21H,1-3H3/b12-9+/t13-/m1/s1. The van der Waals surface area contributed by atoms with E-state index in [9.17, 15) is 18.4 Å². The Bertz CT molecular complexity index is 877. The third kappa shape index (κ3) is 6.03. The molecule has 0 aromatic heterocycles. The van der Waals surface area contributed by atoms with Crippen LogP contribution in [0.4, 0.5) is 8.78 Å². The van der Waals surface area contributed by atoms with Crippen LogP contribution in [0.2, 0.25) is 0 Å². The number of benzene rings is 2. The number of ether oxygens (including phenoxy) is 4. The molecule has 2 aromatic carbocycles. The van der Waals surface area contributed by atoms with Crippen LogP contribution in [0.5, 0.6) is 17.2 Å². The Morgan fingerprint density at radius 3 is 2.28 bits per heavy atom. The minimum absolute atomic E-state index is 0.0869. The lowest BCUT2D eigenvalue weighted by Crippen LogP contribution is -2.23. The van der Waals surface area contributed by atoms with Gasteiger partial charge in [0.05, 0.1) is 14.2 Å².